The zero-order chi connectivity index (χ0) is 18.9. The molecule has 0 radical (unpaired) electrons. The van der Waals surface area contributed by atoms with Crippen molar-refractivity contribution < 1.29 is 9.53 Å². The number of nitrogens with zero attached hydrogens (tertiary/aromatic N) is 1. The van der Waals surface area contributed by atoms with Crippen molar-refractivity contribution in [2.75, 3.05) is 11.9 Å². The molecule has 0 aromatic heterocycles. The first-order valence-electron chi connectivity index (χ1n) is 8.45. The molecule has 0 unspecified atom stereocenters. The van der Waals surface area contributed by atoms with Gasteiger partial charge in [0.25, 0.3) is 5.91 Å². The van der Waals surface area contributed by atoms with Crippen molar-refractivity contribution in [3.63, 3.8) is 0 Å². The lowest BCUT2D eigenvalue weighted by molar-refractivity contribution is -0.112. The predicted octanol–water partition coefficient (Wildman–Crippen LogP) is 5.32. The fourth-order valence-electron chi connectivity index (χ4n) is 2.27. The number of amides is 1. The number of unbranched alkanes of at least 4 members (excludes halogenated alkanes) is 1. The molecule has 5 heteroatoms. The molecule has 0 bridgehead atoms. The van der Waals surface area contributed by atoms with Crippen LogP contribution in [0.1, 0.15) is 30.9 Å². The number of anilines is 1. The number of carbonyl (C=O) groups is 1. The van der Waals surface area contributed by atoms with Crippen molar-refractivity contribution in [1.82, 2.24) is 0 Å². The summed E-state index contributed by atoms with van der Waals surface area (Å²) in [5, 5.41) is 12.1. The third-order valence-electron chi connectivity index (χ3n) is 3.76. The molecule has 0 saturated carbocycles. The molecule has 0 saturated heterocycles. The van der Waals surface area contributed by atoms with Crippen LogP contribution in [0.25, 0.3) is 6.08 Å². The van der Waals surface area contributed by atoms with Crippen LogP contribution in [-0.4, -0.2) is 12.5 Å². The Labute approximate surface area is 168 Å². The smallest absolute Gasteiger partial charge is 0.266 e. The van der Waals surface area contributed by atoms with E-state index in [1.807, 2.05) is 55.5 Å². The first kappa shape index (κ1) is 20.0. The summed E-state index contributed by atoms with van der Waals surface area (Å²) in [5.41, 5.74) is 2.49. The molecule has 0 aliphatic rings. The molecule has 2 aromatic rings. The molecule has 1 amide bonds. The van der Waals surface area contributed by atoms with E-state index in [1.165, 1.54) is 0 Å². The average Bonchev–Trinajstić information content (AvgIpc) is 2.63. The van der Waals surface area contributed by atoms with Gasteiger partial charge in [-0.3, -0.25) is 4.79 Å². The SMILES string of the molecule is CCCCOc1ccc(/C=C(\C#N)C(=O)Nc2ccc(I)cc2C)cc1. The van der Waals surface area contributed by atoms with Gasteiger partial charge in [-0.1, -0.05) is 25.5 Å². The number of nitrogens with one attached hydrogen (secondary N) is 1. The Morgan fingerprint density at radius 3 is 2.62 bits per heavy atom. The monoisotopic (exact) mass is 460 g/mol. The first-order valence-corrected chi connectivity index (χ1v) is 9.53. The van der Waals surface area contributed by atoms with Crippen molar-refractivity contribution in [1.29, 1.82) is 5.26 Å². The molecule has 134 valence electrons. The van der Waals surface area contributed by atoms with E-state index in [1.54, 1.807) is 6.08 Å². The molecule has 0 spiro atoms. The van der Waals surface area contributed by atoms with Crippen molar-refractivity contribution in [2.24, 2.45) is 0 Å². The number of nitriles is 1. The van der Waals surface area contributed by atoms with Gasteiger partial charge >= 0.3 is 0 Å². The number of rotatable bonds is 7. The van der Waals surface area contributed by atoms with E-state index in [9.17, 15) is 10.1 Å². The lowest BCUT2D eigenvalue weighted by Gasteiger charge is -2.08. The number of ether oxygens (including phenoxy) is 1. The maximum atomic E-state index is 12.4. The zero-order valence-corrected chi connectivity index (χ0v) is 17.0. The maximum absolute atomic E-state index is 12.4. The van der Waals surface area contributed by atoms with Gasteiger partial charge in [0.05, 0.1) is 6.61 Å². The molecular formula is C21H21IN2O2. The van der Waals surface area contributed by atoms with Gasteiger partial charge in [0, 0.05) is 9.26 Å². The summed E-state index contributed by atoms with van der Waals surface area (Å²) in [5.74, 6) is 0.369. The van der Waals surface area contributed by atoms with Gasteiger partial charge in [-0.2, -0.15) is 5.26 Å². The fourth-order valence-corrected chi connectivity index (χ4v) is 2.91. The summed E-state index contributed by atoms with van der Waals surface area (Å²) in [4.78, 5) is 12.4. The highest BCUT2D eigenvalue weighted by atomic mass is 127. The lowest BCUT2D eigenvalue weighted by atomic mass is 10.1. The summed E-state index contributed by atoms with van der Waals surface area (Å²) >= 11 is 2.22. The predicted molar refractivity (Wildman–Crippen MR) is 113 cm³/mol. The van der Waals surface area contributed by atoms with Crippen LogP contribution in [0.3, 0.4) is 0 Å². The number of hydrogen-bond acceptors (Lipinski definition) is 3. The molecule has 0 fully saturated rings. The maximum Gasteiger partial charge on any atom is 0.266 e. The Bertz CT molecular complexity index is 836. The zero-order valence-electron chi connectivity index (χ0n) is 14.9. The highest BCUT2D eigenvalue weighted by Crippen LogP contribution is 2.19. The van der Waals surface area contributed by atoms with Crippen LogP contribution in [0.5, 0.6) is 5.75 Å². The lowest BCUT2D eigenvalue weighted by Crippen LogP contribution is -2.14. The molecule has 2 aromatic carbocycles. The van der Waals surface area contributed by atoms with Crippen LogP contribution in [0, 0.1) is 21.8 Å². The van der Waals surface area contributed by atoms with E-state index >= 15 is 0 Å². The second kappa shape index (κ2) is 9.97. The molecule has 0 aliphatic heterocycles. The minimum atomic E-state index is -0.417. The fraction of sp³-hybridized carbons (Fsp3) is 0.238. The standard InChI is InChI=1S/C21H21IN2O2/c1-3-4-11-26-19-8-5-16(6-9-19)13-17(14-23)21(25)24-20-10-7-18(22)12-15(20)2/h5-10,12-13H,3-4,11H2,1-2H3,(H,24,25)/b17-13+. The van der Waals surface area contributed by atoms with Gasteiger partial charge in [-0.15, -0.1) is 0 Å². The number of aryl methyl sites for hydroxylation is 1. The van der Waals surface area contributed by atoms with E-state index in [0.717, 1.165) is 33.3 Å². The van der Waals surface area contributed by atoms with E-state index in [-0.39, 0.29) is 5.57 Å². The van der Waals surface area contributed by atoms with Crippen LogP contribution >= 0.6 is 22.6 Å². The van der Waals surface area contributed by atoms with Crippen LogP contribution in [0.2, 0.25) is 0 Å². The Hall–Kier alpha value is -2.33. The number of benzene rings is 2. The molecule has 4 nitrogen and oxygen atoms in total. The first-order chi connectivity index (χ1) is 12.5. The molecule has 1 N–H and O–H groups in total. The molecule has 26 heavy (non-hydrogen) atoms. The molecular weight excluding hydrogens is 439 g/mol. The third kappa shape index (κ3) is 5.88. The number of halogens is 1. The van der Waals surface area contributed by atoms with Crippen LogP contribution in [0.4, 0.5) is 5.69 Å². The van der Waals surface area contributed by atoms with Gasteiger partial charge < -0.3 is 10.1 Å². The minimum Gasteiger partial charge on any atom is -0.494 e. The third-order valence-corrected chi connectivity index (χ3v) is 4.43. The van der Waals surface area contributed by atoms with Crippen LogP contribution in [-0.2, 0) is 4.79 Å². The quantitative estimate of drug-likeness (QED) is 0.263. The van der Waals surface area contributed by atoms with Crippen molar-refractivity contribution in [3.05, 3.63) is 62.7 Å². The summed E-state index contributed by atoms with van der Waals surface area (Å²) in [7, 11) is 0. The Morgan fingerprint density at radius 1 is 1.27 bits per heavy atom. The summed E-state index contributed by atoms with van der Waals surface area (Å²) in [6, 6.07) is 15.1. The number of carbonyl (C=O) groups excluding carboxylic acids is 1. The molecule has 2 rings (SSSR count). The van der Waals surface area contributed by atoms with E-state index < -0.39 is 5.91 Å². The highest BCUT2D eigenvalue weighted by molar-refractivity contribution is 14.1. The highest BCUT2D eigenvalue weighted by Gasteiger charge is 2.11. The van der Waals surface area contributed by atoms with E-state index in [4.69, 9.17) is 4.74 Å². The largest absolute Gasteiger partial charge is 0.494 e. The van der Waals surface area contributed by atoms with Crippen molar-refractivity contribution in [3.8, 4) is 11.8 Å². The number of hydrogen-bond donors (Lipinski definition) is 1. The second-order valence-electron chi connectivity index (χ2n) is 5.85. The van der Waals surface area contributed by atoms with Gasteiger partial charge in [-0.25, -0.2) is 0 Å². The summed E-state index contributed by atoms with van der Waals surface area (Å²) < 4.78 is 6.71. The van der Waals surface area contributed by atoms with E-state index in [0.29, 0.717) is 12.3 Å². The summed E-state index contributed by atoms with van der Waals surface area (Å²) in [6.45, 7) is 4.72. The van der Waals surface area contributed by atoms with Crippen LogP contribution in [0.15, 0.2) is 48.0 Å². The Morgan fingerprint density at radius 2 is 2.00 bits per heavy atom. The Balaban J connectivity index is 2.09. The van der Waals surface area contributed by atoms with Gasteiger partial charge in [0.1, 0.15) is 17.4 Å². The molecule has 0 heterocycles. The van der Waals surface area contributed by atoms with Gasteiger partial charge in [0.2, 0.25) is 0 Å². The second-order valence-corrected chi connectivity index (χ2v) is 7.10. The van der Waals surface area contributed by atoms with Crippen molar-refractivity contribution >= 4 is 40.3 Å². The average molecular weight is 460 g/mol. The van der Waals surface area contributed by atoms with Crippen LogP contribution < -0.4 is 10.1 Å². The topological polar surface area (TPSA) is 62.1 Å². The van der Waals surface area contributed by atoms with Gasteiger partial charge in [0.15, 0.2) is 0 Å². The minimum absolute atomic E-state index is 0.0580. The molecule has 0 atom stereocenters. The van der Waals surface area contributed by atoms with E-state index in [2.05, 4.69) is 34.8 Å². The Kier molecular flexibility index (Phi) is 7.67. The summed E-state index contributed by atoms with van der Waals surface area (Å²) in [6.07, 6.45) is 3.67. The van der Waals surface area contributed by atoms with Gasteiger partial charge in [-0.05, 0) is 83.5 Å². The molecule has 0 aliphatic carbocycles. The normalized spacial score (nSPS) is 10.9. The van der Waals surface area contributed by atoms with Crippen molar-refractivity contribution in [2.45, 2.75) is 26.7 Å².